The maximum atomic E-state index is 9.48. The molecule has 0 amide bonds. The molecule has 0 radical (unpaired) electrons. The summed E-state index contributed by atoms with van der Waals surface area (Å²) >= 11 is 0. The zero-order chi connectivity index (χ0) is 11.1. The predicted octanol–water partition coefficient (Wildman–Crippen LogP) is 2.18. The van der Waals surface area contributed by atoms with Crippen LogP contribution in [0.5, 0.6) is 5.75 Å². The SMILES string of the molecule is NCC1CCCc2cc3cc(O)ccc3n21. The van der Waals surface area contributed by atoms with Gasteiger partial charge in [0.1, 0.15) is 5.75 Å². The number of hydrogen-bond acceptors (Lipinski definition) is 2. The minimum Gasteiger partial charge on any atom is -0.508 e. The number of nitrogens with zero attached hydrogens (tertiary/aromatic N) is 1. The third-order valence-corrected chi connectivity index (χ3v) is 3.51. The second-order valence-electron chi connectivity index (χ2n) is 4.53. The number of aromatic nitrogens is 1. The highest BCUT2D eigenvalue weighted by molar-refractivity contribution is 5.83. The van der Waals surface area contributed by atoms with Crippen LogP contribution in [0, 0.1) is 0 Å². The molecule has 2 heterocycles. The minimum absolute atomic E-state index is 0.333. The van der Waals surface area contributed by atoms with Gasteiger partial charge in [0.2, 0.25) is 0 Å². The van der Waals surface area contributed by atoms with Crippen molar-refractivity contribution in [3.05, 3.63) is 30.0 Å². The number of phenolic OH excluding ortho intramolecular Hbond substituents is 1. The maximum Gasteiger partial charge on any atom is 0.116 e. The normalized spacial score (nSPS) is 19.9. The van der Waals surface area contributed by atoms with E-state index < -0.39 is 0 Å². The Balaban J connectivity index is 2.26. The van der Waals surface area contributed by atoms with E-state index in [9.17, 15) is 5.11 Å². The van der Waals surface area contributed by atoms with Gasteiger partial charge in [0.05, 0.1) is 0 Å². The van der Waals surface area contributed by atoms with E-state index >= 15 is 0 Å². The highest BCUT2D eigenvalue weighted by Gasteiger charge is 2.20. The van der Waals surface area contributed by atoms with Crippen LogP contribution in [-0.4, -0.2) is 16.2 Å². The van der Waals surface area contributed by atoms with Gasteiger partial charge in [0, 0.05) is 29.2 Å². The molecule has 0 saturated heterocycles. The highest BCUT2D eigenvalue weighted by Crippen LogP contribution is 2.32. The molecule has 0 bridgehead atoms. The van der Waals surface area contributed by atoms with Gasteiger partial charge < -0.3 is 15.4 Å². The predicted molar refractivity (Wildman–Crippen MR) is 64.6 cm³/mol. The largest absolute Gasteiger partial charge is 0.508 e. The fourth-order valence-corrected chi connectivity index (χ4v) is 2.78. The van der Waals surface area contributed by atoms with Crippen LogP contribution in [0.15, 0.2) is 24.3 Å². The second kappa shape index (κ2) is 3.52. The van der Waals surface area contributed by atoms with E-state index in [1.54, 1.807) is 6.07 Å². The smallest absolute Gasteiger partial charge is 0.116 e. The Kier molecular flexibility index (Phi) is 2.14. The molecule has 1 atom stereocenters. The molecular weight excluding hydrogens is 200 g/mol. The molecule has 3 heteroatoms. The summed E-state index contributed by atoms with van der Waals surface area (Å²) < 4.78 is 2.35. The number of aromatic hydroxyl groups is 1. The average molecular weight is 216 g/mol. The van der Waals surface area contributed by atoms with Gasteiger partial charge in [-0.25, -0.2) is 0 Å². The first kappa shape index (κ1) is 9.73. The molecule has 1 aromatic heterocycles. The summed E-state index contributed by atoms with van der Waals surface area (Å²) in [6.45, 7) is 0.692. The summed E-state index contributed by atoms with van der Waals surface area (Å²) in [7, 11) is 0. The lowest BCUT2D eigenvalue weighted by Gasteiger charge is -2.25. The van der Waals surface area contributed by atoms with Crippen molar-refractivity contribution in [2.24, 2.45) is 5.73 Å². The van der Waals surface area contributed by atoms with E-state index in [1.165, 1.54) is 17.6 Å². The Hall–Kier alpha value is -1.48. The molecule has 84 valence electrons. The van der Waals surface area contributed by atoms with Crippen molar-refractivity contribution >= 4 is 10.9 Å². The first-order valence-corrected chi connectivity index (χ1v) is 5.82. The Morgan fingerprint density at radius 1 is 1.38 bits per heavy atom. The zero-order valence-corrected chi connectivity index (χ0v) is 9.19. The van der Waals surface area contributed by atoms with Crippen LogP contribution in [0.1, 0.15) is 24.6 Å². The molecule has 3 rings (SSSR count). The van der Waals surface area contributed by atoms with Gasteiger partial charge in [0.25, 0.3) is 0 Å². The van der Waals surface area contributed by atoms with Gasteiger partial charge in [-0.1, -0.05) is 0 Å². The van der Waals surface area contributed by atoms with Crippen molar-refractivity contribution in [2.75, 3.05) is 6.54 Å². The molecule has 1 unspecified atom stereocenters. The van der Waals surface area contributed by atoms with E-state index in [0.717, 1.165) is 18.2 Å². The lowest BCUT2D eigenvalue weighted by molar-refractivity contribution is 0.420. The third kappa shape index (κ3) is 1.32. The molecule has 3 nitrogen and oxygen atoms in total. The lowest BCUT2D eigenvalue weighted by atomic mass is 10.0. The van der Waals surface area contributed by atoms with Crippen LogP contribution >= 0.6 is 0 Å². The Morgan fingerprint density at radius 3 is 3.06 bits per heavy atom. The Bertz CT molecular complexity index is 530. The van der Waals surface area contributed by atoms with E-state index in [2.05, 4.69) is 10.6 Å². The Morgan fingerprint density at radius 2 is 2.25 bits per heavy atom. The molecule has 0 saturated carbocycles. The number of benzene rings is 1. The minimum atomic E-state index is 0.333. The standard InChI is InChI=1S/C13H16N2O/c14-8-11-3-1-2-10-6-9-7-12(16)4-5-13(9)15(10)11/h4-7,11,16H,1-3,8,14H2. The number of phenols is 1. The monoisotopic (exact) mass is 216 g/mol. The molecule has 1 aromatic carbocycles. The molecule has 16 heavy (non-hydrogen) atoms. The molecule has 2 aromatic rings. The van der Waals surface area contributed by atoms with Crippen molar-refractivity contribution in [1.82, 2.24) is 4.57 Å². The van der Waals surface area contributed by atoms with Gasteiger partial charge in [-0.15, -0.1) is 0 Å². The summed E-state index contributed by atoms with van der Waals surface area (Å²) in [5.74, 6) is 0.333. The number of rotatable bonds is 1. The summed E-state index contributed by atoms with van der Waals surface area (Å²) in [4.78, 5) is 0. The van der Waals surface area contributed by atoms with Gasteiger partial charge in [0.15, 0.2) is 0 Å². The van der Waals surface area contributed by atoms with Crippen LogP contribution in [0.4, 0.5) is 0 Å². The van der Waals surface area contributed by atoms with Crippen molar-refractivity contribution in [3.63, 3.8) is 0 Å². The first-order valence-electron chi connectivity index (χ1n) is 5.82. The summed E-state index contributed by atoms with van der Waals surface area (Å²) in [6, 6.07) is 8.16. The van der Waals surface area contributed by atoms with Crippen LogP contribution in [-0.2, 0) is 6.42 Å². The zero-order valence-electron chi connectivity index (χ0n) is 9.19. The quantitative estimate of drug-likeness (QED) is 0.767. The fourth-order valence-electron chi connectivity index (χ4n) is 2.78. The van der Waals surface area contributed by atoms with Crippen LogP contribution in [0.2, 0.25) is 0 Å². The van der Waals surface area contributed by atoms with Gasteiger partial charge >= 0.3 is 0 Å². The number of hydrogen-bond donors (Lipinski definition) is 2. The summed E-state index contributed by atoms with van der Waals surface area (Å²) in [5.41, 5.74) is 8.37. The van der Waals surface area contributed by atoms with Crippen molar-refractivity contribution < 1.29 is 5.11 Å². The van der Waals surface area contributed by atoms with Crippen molar-refractivity contribution in [2.45, 2.75) is 25.3 Å². The highest BCUT2D eigenvalue weighted by atomic mass is 16.3. The van der Waals surface area contributed by atoms with E-state index in [0.29, 0.717) is 18.3 Å². The summed E-state index contributed by atoms with van der Waals surface area (Å²) in [6.07, 6.45) is 3.49. The van der Waals surface area contributed by atoms with Gasteiger partial charge in [-0.3, -0.25) is 0 Å². The van der Waals surface area contributed by atoms with Crippen molar-refractivity contribution in [3.8, 4) is 5.75 Å². The number of aryl methyl sites for hydroxylation is 1. The van der Waals surface area contributed by atoms with Gasteiger partial charge in [-0.05, 0) is 43.5 Å². The van der Waals surface area contributed by atoms with E-state index in [-0.39, 0.29) is 0 Å². The van der Waals surface area contributed by atoms with Gasteiger partial charge in [-0.2, -0.15) is 0 Å². The molecule has 3 N–H and O–H groups in total. The fraction of sp³-hybridized carbons (Fsp3) is 0.385. The molecular formula is C13H16N2O. The average Bonchev–Trinajstić information content (AvgIpc) is 2.65. The lowest BCUT2D eigenvalue weighted by Crippen LogP contribution is -2.24. The molecule has 1 aliphatic heterocycles. The second-order valence-corrected chi connectivity index (χ2v) is 4.53. The molecule has 0 aliphatic carbocycles. The Labute approximate surface area is 94.5 Å². The topological polar surface area (TPSA) is 51.2 Å². The third-order valence-electron chi connectivity index (χ3n) is 3.51. The van der Waals surface area contributed by atoms with E-state index in [1.807, 2.05) is 12.1 Å². The van der Waals surface area contributed by atoms with Crippen LogP contribution in [0.3, 0.4) is 0 Å². The molecule has 0 spiro atoms. The molecule has 1 aliphatic rings. The maximum absolute atomic E-state index is 9.48. The molecule has 0 fully saturated rings. The van der Waals surface area contributed by atoms with E-state index in [4.69, 9.17) is 5.73 Å². The van der Waals surface area contributed by atoms with Crippen molar-refractivity contribution in [1.29, 1.82) is 0 Å². The first-order chi connectivity index (χ1) is 7.79. The van der Waals surface area contributed by atoms with Crippen LogP contribution < -0.4 is 5.73 Å². The number of fused-ring (bicyclic) bond motifs is 3. The van der Waals surface area contributed by atoms with Crippen LogP contribution in [0.25, 0.3) is 10.9 Å². The number of nitrogens with two attached hydrogens (primary N) is 1. The summed E-state index contributed by atoms with van der Waals surface area (Å²) in [5, 5.41) is 10.6.